The molecule has 0 spiro atoms. The Morgan fingerprint density at radius 2 is 1.44 bits per heavy atom. The summed E-state index contributed by atoms with van der Waals surface area (Å²) in [6.07, 6.45) is 0. The third kappa shape index (κ3) is 3.38. The summed E-state index contributed by atoms with van der Waals surface area (Å²) < 4.78 is 1.31. The van der Waals surface area contributed by atoms with Crippen LogP contribution >= 0.6 is 8.99 Å². The first-order chi connectivity index (χ1) is 7.86. The van der Waals surface area contributed by atoms with E-state index < -0.39 is 19.5 Å². The van der Waals surface area contributed by atoms with Crippen LogP contribution in [-0.4, -0.2) is 24.7 Å². The normalized spacial score (nSPS) is 10.0. The van der Waals surface area contributed by atoms with E-state index in [0.717, 1.165) is 5.56 Å². The molecule has 0 amide bonds. The van der Waals surface area contributed by atoms with Crippen molar-refractivity contribution in [3.8, 4) is 0 Å². The van der Waals surface area contributed by atoms with Gasteiger partial charge in [0.15, 0.2) is 0 Å². The maximum absolute atomic E-state index is 11.8. The van der Waals surface area contributed by atoms with Crippen LogP contribution in [0.15, 0.2) is 60.7 Å². The van der Waals surface area contributed by atoms with Crippen molar-refractivity contribution >= 4 is 37.3 Å². The van der Waals surface area contributed by atoms with Gasteiger partial charge in [-0.2, -0.15) is 0 Å². The van der Waals surface area contributed by atoms with Crippen molar-refractivity contribution in [2.75, 3.05) is 0 Å². The van der Waals surface area contributed by atoms with E-state index in [1.165, 1.54) is 12.6 Å². The summed E-state index contributed by atoms with van der Waals surface area (Å²) in [5, 5.41) is 0.187. The average molecular weight is 342 g/mol. The first kappa shape index (κ1) is 11.7. The van der Waals surface area contributed by atoms with Crippen LogP contribution in [0.3, 0.4) is 0 Å². The molecular formula is C13H10OSTe. The van der Waals surface area contributed by atoms with Crippen LogP contribution in [-0.2, 0) is 0 Å². The molecule has 0 atom stereocenters. The number of hydrogen-bond acceptors (Lipinski definition) is 2. The van der Waals surface area contributed by atoms with E-state index >= 15 is 0 Å². The van der Waals surface area contributed by atoms with Gasteiger partial charge in [0.2, 0.25) is 0 Å². The molecule has 0 fully saturated rings. The quantitative estimate of drug-likeness (QED) is 0.798. The number of carbonyl (C=O) groups is 1. The molecule has 16 heavy (non-hydrogen) atoms. The molecule has 0 aromatic heterocycles. The molecule has 0 radical (unpaired) electrons. The maximum atomic E-state index is 11.8. The van der Waals surface area contributed by atoms with Crippen LogP contribution in [0.5, 0.6) is 0 Å². The van der Waals surface area contributed by atoms with E-state index in [1.807, 2.05) is 48.5 Å². The predicted octanol–water partition coefficient (Wildman–Crippen LogP) is 2.50. The van der Waals surface area contributed by atoms with Crippen LogP contribution in [0.25, 0.3) is 0 Å². The molecule has 3 heteroatoms. The molecule has 0 heterocycles. The van der Waals surface area contributed by atoms with Gasteiger partial charge >= 0.3 is 108 Å². The molecule has 0 aliphatic heterocycles. The summed E-state index contributed by atoms with van der Waals surface area (Å²) >= 11 is -0.455. The van der Waals surface area contributed by atoms with Crippen LogP contribution < -0.4 is 3.61 Å². The first-order valence-electron chi connectivity index (χ1n) is 4.85. The fourth-order valence-electron chi connectivity index (χ4n) is 1.18. The summed E-state index contributed by atoms with van der Waals surface area (Å²) in [4.78, 5) is 11.8. The van der Waals surface area contributed by atoms with Gasteiger partial charge in [-0.25, -0.2) is 0 Å². The minimum atomic E-state index is -0.455. The Hall–Kier alpha value is -0.750. The second-order valence-corrected chi connectivity index (χ2v) is 8.04. The summed E-state index contributed by atoms with van der Waals surface area (Å²) in [5.41, 5.74) is 0.800. The monoisotopic (exact) mass is 344 g/mol. The van der Waals surface area contributed by atoms with E-state index in [2.05, 4.69) is 12.1 Å². The topological polar surface area (TPSA) is 17.1 Å². The zero-order valence-electron chi connectivity index (χ0n) is 8.50. The summed E-state index contributed by atoms with van der Waals surface area (Å²) in [6, 6.07) is 19.7. The van der Waals surface area contributed by atoms with E-state index in [4.69, 9.17) is 0 Å². The predicted molar refractivity (Wildman–Crippen MR) is 70.2 cm³/mol. The Kier molecular flexibility index (Phi) is 4.47. The van der Waals surface area contributed by atoms with Gasteiger partial charge in [-0.15, -0.1) is 0 Å². The zero-order valence-corrected chi connectivity index (χ0v) is 11.6. The van der Waals surface area contributed by atoms with Crippen LogP contribution in [0.1, 0.15) is 10.4 Å². The van der Waals surface area contributed by atoms with Crippen molar-refractivity contribution in [3.05, 3.63) is 66.2 Å². The Balaban J connectivity index is 1.95. The van der Waals surface area contributed by atoms with Gasteiger partial charge in [-0.05, 0) is 0 Å². The molecular weight excluding hydrogens is 332 g/mol. The van der Waals surface area contributed by atoms with E-state index in [1.54, 1.807) is 0 Å². The standard InChI is InChI=1S/C13H10OSTe/c14-13(11-7-3-1-4-8-11)15-16-12-9-5-2-6-10-12/h1-10H. The molecule has 0 aliphatic carbocycles. The summed E-state index contributed by atoms with van der Waals surface area (Å²) in [5.74, 6) is 0. The van der Waals surface area contributed by atoms with Crippen molar-refractivity contribution in [1.29, 1.82) is 0 Å². The molecule has 2 rings (SSSR count). The van der Waals surface area contributed by atoms with Gasteiger partial charge < -0.3 is 0 Å². The van der Waals surface area contributed by atoms with Crippen LogP contribution in [0, 0.1) is 0 Å². The average Bonchev–Trinajstić information content (AvgIpc) is 2.38. The van der Waals surface area contributed by atoms with Gasteiger partial charge in [-0.1, -0.05) is 0 Å². The van der Waals surface area contributed by atoms with Crippen LogP contribution in [0.4, 0.5) is 0 Å². The third-order valence-corrected chi connectivity index (χ3v) is 7.06. The number of benzene rings is 2. The van der Waals surface area contributed by atoms with E-state index in [0.29, 0.717) is 0 Å². The van der Waals surface area contributed by atoms with Gasteiger partial charge in [0.05, 0.1) is 0 Å². The fraction of sp³-hybridized carbons (Fsp3) is 0. The molecule has 0 N–H and O–H groups in total. The van der Waals surface area contributed by atoms with E-state index in [9.17, 15) is 4.79 Å². The number of hydrogen-bond donors (Lipinski definition) is 0. The molecule has 2 aromatic rings. The zero-order chi connectivity index (χ0) is 11.2. The van der Waals surface area contributed by atoms with E-state index in [-0.39, 0.29) is 5.12 Å². The van der Waals surface area contributed by atoms with Gasteiger partial charge in [0, 0.05) is 0 Å². The minimum absolute atomic E-state index is 0.187. The Labute approximate surface area is 108 Å². The Morgan fingerprint density at radius 3 is 2.06 bits per heavy atom. The molecule has 0 unspecified atom stereocenters. The summed E-state index contributed by atoms with van der Waals surface area (Å²) in [7, 11) is 1.47. The SMILES string of the molecule is O=C(S[Te]c1ccccc1)c1ccccc1. The Morgan fingerprint density at radius 1 is 0.875 bits per heavy atom. The molecule has 80 valence electrons. The molecule has 0 aliphatic rings. The van der Waals surface area contributed by atoms with Gasteiger partial charge in [0.25, 0.3) is 0 Å². The first-order valence-corrected chi connectivity index (χ1v) is 9.61. The van der Waals surface area contributed by atoms with Crippen molar-refractivity contribution in [2.45, 2.75) is 0 Å². The van der Waals surface area contributed by atoms with Crippen molar-refractivity contribution < 1.29 is 4.79 Å². The van der Waals surface area contributed by atoms with Gasteiger partial charge in [0.1, 0.15) is 0 Å². The fourth-order valence-corrected chi connectivity index (χ4v) is 5.40. The third-order valence-electron chi connectivity index (χ3n) is 1.97. The number of rotatable bonds is 3. The molecule has 1 nitrogen and oxygen atoms in total. The second kappa shape index (κ2) is 6.10. The van der Waals surface area contributed by atoms with Gasteiger partial charge in [-0.3, -0.25) is 0 Å². The molecule has 2 aromatic carbocycles. The van der Waals surface area contributed by atoms with Crippen molar-refractivity contribution in [3.63, 3.8) is 0 Å². The molecule has 0 bridgehead atoms. The number of carbonyl (C=O) groups excluding carboxylic acids is 1. The Bertz CT molecular complexity index is 456. The second-order valence-electron chi connectivity index (χ2n) is 3.13. The van der Waals surface area contributed by atoms with Crippen LogP contribution in [0.2, 0.25) is 0 Å². The van der Waals surface area contributed by atoms with Crippen molar-refractivity contribution in [1.82, 2.24) is 0 Å². The van der Waals surface area contributed by atoms with Crippen molar-refractivity contribution in [2.24, 2.45) is 0 Å². The molecule has 0 saturated heterocycles. The summed E-state index contributed by atoms with van der Waals surface area (Å²) in [6.45, 7) is 0. The molecule has 0 saturated carbocycles.